The minimum absolute atomic E-state index is 0.202. The Labute approximate surface area is 111 Å². The van der Waals surface area contributed by atoms with Crippen molar-refractivity contribution in [1.29, 1.82) is 0 Å². The normalized spacial score (nSPS) is 14.3. The first-order chi connectivity index (χ1) is 9.11. The van der Waals surface area contributed by atoms with Crippen LogP contribution in [0.5, 0.6) is 0 Å². The van der Waals surface area contributed by atoms with Gasteiger partial charge in [-0.3, -0.25) is 0 Å². The highest BCUT2D eigenvalue weighted by molar-refractivity contribution is 5.32. The molecule has 8 heteroatoms. The Bertz CT molecular complexity index is 429. The van der Waals surface area contributed by atoms with Gasteiger partial charge >= 0.3 is 12.4 Å². The maximum Gasteiger partial charge on any atom is 0.416 e. The summed E-state index contributed by atoms with van der Waals surface area (Å²) in [6.45, 7) is -1.05. The third-order valence-corrected chi connectivity index (χ3v) is 2.49. The van der Waals surface area contributed by atoms with Gasteiger partial charge in [-0.2, -0.15) is 26.3 Å². The van der Waals surface area contributed by atoms with Gasteiger partial charge in [-0.15, -0.1) is 0 Å². The third kappa shape index (κ3) is 5.38. The monoisotopic (exact) mass is 301 g/mol. The molecular formula is C12H13F6NO. The number of alkyl halides is 6. The molecule has 2 nitrogen and oxygen atoms in total. The Kier molecular flexibility index (Phi) is 5.41. The lowest BCUT2D eigenvalue weighted by molar-refractivity contribution is -0.145. The van der Waals surface area contributed by atoms with E-state index in [9.17, 15) is 26.3 Å². The molecule has 1 rings (SSSR count). The molecule has 0 saturated heterocycles. The SMILES string of the molecule is NC(COCCC(F)(F)F)c1ccccc1C(F)(F)F. The molecule has 1 aromatic carbocycles. The standard InChI is InChI=1S/C12H13F6NO/c13-11(14,15)5-6-20-7-10(19)8-3-1-2-4-9(8)12(16,17)18/h1-4,10H,5-7,19H2. The zero-order valence-electron chi connectivity index (χ0n) is 10.3. The molecule has 0 aromatic heterocycles. The molecule has 0 amide bonds. The molecule has 0 aliphatic heterocycles. The molecule has 0 aliphatic rings. The number of benzene rings is 1. The van der Waals surface area contributed by atoms with Crippen LogP contribution in [-0.4, -0.2) is 19.4 Å². The average molecular weight is 301 g/mol. The van der Waals surface area contributed by atoms with E-state index in [1.165, 1.54) is 18.2 Å². The molecule has 0 aliphatic carbocycles. The lowest BCUT2D eigenvalue weighted by atomic mass is 10.0. The highest BCUT2D eigenvalue weighted by atomic mass is 19.4. The molecule has 1 aromatic rings. The summed E-state index contributed by atoms with van der Waals surface area (Å²) in [5, 5.41) is 0. The fraction of sp³-hybridized carbons (Fsp3) is 0.500. The van der Waals surface area contributed by atoms with Crippen LogP contribution in [0.2, 0.25) is 0 Å². The Morgan fingerprint density at radius 1 is 1.05 bits per heavy atom. The van der Waals surface area contributed by atoms with E-state index < -0.39 is 43.6 Å². The number of hydrogen-bond acceptors (Lipinski definition) is 2. The predicted molar refractivity (Wildman–Crippen MR) is 59.9 cm³/mol. The quantitative estimate of drug-likeness (QED) is 0.665. The number of rotatable bonds is 5. The molecule has 0 saturated carbocycles. The molecule has 0 bridgehead atoms. The smallest absolute Gasteiger partial charge is 0.379 e. The summed E-state index contributed by atoms with van der Waals surface area (Å²) >= 11 is 0. The van der Waals surface area contributed by atoms with Gasteiger partial charge in [-0.1, -0.05) is 18.2 Å². The summed E-state index contributed by atoms with van der Waals surface area (Å²) in [6.07, 6.45) is -10.1. The van der Waals surface area contributed by atoms with Gasteiger partial charge < -0.3 is 10.5 Å². The largest absolute Gasteiger partial charge is 0.416 e. The van der Waals surface area contributed by atoms with Crippen LogP contribution in [0, 0.1) is 0 Å². The van der Waals surface area contributed by atoms with Gasteiger partial charge in [-0.05, 0) is 11.6 Å². The van der Waals surface area contributed by atoms with Crippen LogP contribution >= 0.6 is 0 Å². The van der Waals surface area contributed by atoms with Crippen molar-refractivity contribution < 1.29 is 31.1 Å². The zero-order chi connectivity index (χ0) is 15.4. The molecule has 0 heterocycles. The molecule has 1 atom stereocenters. The highest BCUT2D eigenvalue weighted by Gasteiger charge is 2.34. The number of hydrogen-bond donors (Lipinski definition) is 1. The first-order valence-electron chi connectivity index (χ1n) is 5.67. The summed E-state index contributed by atoms with van der Waals surface area (Å²) in [5.41, 5.74) is 4.42. The van der Waals surface area contributed by atoms with Crippen molar-refractivity contribution in [2.45, 2.75) is 24.8 Å². The van der Waals surface area contributed by atoms with E-state index in [0.717, 1.165) is 6.07 Å². The summed E-state index contributed by atoms with van der Waals surface area (Å²) in [5.74, 6) is 0. The van der Waals surface area contributed by atoms with Crippen LogP contribution in [0.25, 0.3) is 0 Å². The summed E-state index contributed by atoms with van der Waals surface area (Å²) in [4.78, 5) is 0. The molecule has 0 spiro atoms. The number of nitrogens with two attached hydrogens (primary N) is 1. The van der Waals surface area contributed by atoms with Crippen molar-refractivity contribution in [3.8, 4) is 0 Å². The fourth-order valence-electron chi connectivity index (χ4n) is 1.57. The molecule has 1 unspecified atom stereocenters. The van der Waals surface area contributed by atoms with Crippen LogP contribution in [-0.2, 0) is 10.9 Å². The molecule has 0 radical (unpaired) electrons. The molecule has 20 heavy (non-hydrogen) atoms. The molecule has 2 N–H and O–H groups in total. The van der Waals surface area contributed by atoms with Crippen molar-refractivity contribution >= 4 is 0 Å². The zero-order valence-corrected chi connectivity index (χ0v) is 10.3. The molecule has 114 valence electrons. The van der Waals surface area contributed by atoms with Crippen molar-refractivity contribution in [1.82, 2.24) is 0 Å². The second-order valence-corrected chi connectivity index (χ2v) is 4.13. The van der Waals surface area contributed by atoms with E-state index in [2.05, 4.69) is 4.74 Å². The van der Waals surface area contributed by atoms with E-state index in [1.54, 1.807) is 0 Å². The van der Waals surface area contributed by atoms with Crippen LogP contribution < -0.4 is 5.73 Å². The first-order valence-corrected chi connectivity index (χ1v) is 5.67. The Hall–Kier alpha value is -1.28. The van der Waals surface area contributed by atoms with Crippen LogP contribution in [0.3, 0.4) is 0 Å². The van der Waals surface area contributed by atoms with Crippen molar-refractivity contribution in [3.63, 3.8) is 0 Å². The van der Waals surface area contributed by atoms with Crippen LogP contribution in [0.15, 0.2) is 24.3 Å². The van der Waals surface area contributed by atoms with Crippen LogP contribution in [0.4, 0.5) is 26.3 Å². The van der Waals surface area contributed by atoms with Gasteiger partial charge in [0.25, 0.3) is 0 Å². The second kappa shape index (κ2) is 6.45. The Morgan fingerprint density at radius 3 is 2.20 bits per heavy atom. The topological polar surface area (TPSA) is 35.2 Å². The summed E-state index contributed by atoms with van der Waals surface area (Å²) in [7, 11) is 0. The Balaban J connectivity index is 2.62. The first kappa shape index (κ1) is 16.8. The van der Waals surface area contributed by atoms with Crippen molar-refractivity contribution in [2.75, 3.05) is 13.2 Å². The lowest BCUT2D eigenvalue weighted by Crippen LogP contribution is -2.22. The van der Waals surface area contributed by atoms with E-state index >= 15 is 0 Å². The van der Waals surface area contributed by atoms with E-state index in [1.807, 2.05) is 0 Å². The predicted octanol–water partition coefficient (Wildman–Crippen LogP) is 3.67. The summed E-state index contributed by atoms with van der Waals surface area (Å²) in [6, 6.07) is 3.50. The fourth-order valence-corrected chi connectivity index (χ4v) is 1.57. The van der Waals surface area contributed by atoms with Gasteiger partial charge in [0.15, 0.2) is 0 Å². The minimum atomic E-state index is -4.57. The second-order valence-electron chi connectivity index (χ2n) is 4.13. The average Bonchev–Trinajstić information content (AvgIpc) is 2.32. The maximum absolute atomic E-state index is 12.7. The lowest BCUT2D eigenvalue weighted by Gasteiger charge is -2.18. The summed E-state index contributed by atoms with van der Waals surface area (Å²) < 4.78 is 78.4. The van der Waals surface area contributed by atoms with E-state index in [4.69, 9.17) is 5.73 Å². The van der Waals surface area contributed by atoms with Gasteiger partial charge in [-0.25, -0.2) is 0 Å². The van der Waals surface area contributed by atoms with Gasteiger partial charge in [0.2, 0.25) is 0 Å². The third-order valence-electron chi connectivity index (χ3n) is 2.49. The molecule has 0 fully saturated rings. The van der Waals surface area contributed by atoms with E-state index in [0.29, 0.717) is 0 Å². The number of ether oxygens (including phenoxy) is 1. The van der Waals surface area contributed by atoms with Crippen molar-refractivity contribution in [2.24, 2.45) is 5.73 Å². The van der Waals surface area contributed by atoms with E-state index in [-0.39, 0.29) is 5.56 Å². The van der Waals surface area contributed by atoms with Gasteiger partial charge in [0, 0.05) is 0 Å². The minimum Gasteiger partial charge on any atom is -0.379 e. The Morgan fingerprint density at radius 2 is 1.65 bits per heavy atom. The van der Waals surface area contributed by atoms with Gasteiger partial charge in [0.1, 0.15) is 0 Å². The molecular weight excluding hydrogens is 288 g/mol. The maximum atomic E-state index is 12.7. The number of halogens is 6. The van der Waals surface area contributed by atoms with Crippen LogP contribution in [0.1, 0.15) is 23.6 Å². The van der Waals surface area contributed by atoms with Gasteiger partial charge in [0.05, 0.1) is 31.2 Å². The highest BCUT2D eigenvalue weighted by Crippen LogP contribution is 2.34. The van der Waals surface area contributed by atoms with Crippen molar-refractivity contribution in [3.05, 3.63) is 35.4 Å².